The Hall–Kier alpha value is -1.74. The maximum absolute atomic E-state index is 10.5. The zero-order chi connectivity index (χ0) is 17.1. The molecule has 0 saturated heterocycles. The van der Waals surface area contributed by atoms with E-state index in [0.717, 1.165) is 36.0 Å². The fourth-order valence-electron chi connectivity index (χ4n) is 3.42. The van der Waals surface area contributed by atoms with Gasteiger partial charge in [-0.15, -0.1) is 0 Å². The third kappa shape index (κ3) is 3.78. The third-order valence-electron chi connectivity index (χ3n) is 4.86. The van der Waals surface area contributed by atoms with Gasteiger partial charge >= 0.3 is 0 Å². The molecule has 0 aliphatic heterocycles. The van der Waals surface area contributed by atoms with Crippen molar-refractivity contribution in [2.45, 2.75) is 58.5 Å². The van der Waals surface area contributed by atoms with E-state index in [9.17, 15) is 15.3 Å². The highest BCUT2D eigenvalue weighted by molar-refractivity contribution is 5.52. The van der Waals surface area contributed by atoms with Crippen molar-refractivity contribution in [1.29, 1.82) is 0 Å². The SMILES string of the molecule is C=C(C)C1CC(O)C(C)=CC1c1c(O)cc(CCCC)cc1O. The number of hydrogen-bond donors (Lipinski definition) is 3. The Kier molecular flexibility index (Phi) is 5.53. The van der Waals surface area contributed by atoms with Crippen molar-refractivity contribution < 1.29 is 15.3 Å². The molecule has 126 valence electrons. The van der Waals surface area contributed by atoms with Crippen molar-refractivity contribution in [3.05, 3.63) is 47.1 Å². The molecule has 0 spiro atoms. The highest BCUT2D eigenvalue weighted by atomic mass is 16.3. The van der Waals surface area contributed by atoms with Crippen LogP contribution in [0.1, 0.15) is 57.1 Å². The van der Waals surface area contributed by atoms with E-state index in [1.165, 1.54) is 0 Å². The van der Waals surface area contributed by atoms with Crippen molar-refractivity contribution in [1.82, 2.24) is 0 Å². The van der Waals surface area contributed by atoms with E-state index < -0.39 is 6.10 Å². The zero-order valence-electron chi connectivity index (χ0n) is 14.3. The topological polar surface area (TPSA) is 60.7 Å². The Bertz CT molecular complexity index is 592. The van der Waals surface area contributed by atoms with Crippen LogP contribution in [0.5, 0.6) is 11.5 Å². The molecule has 0 aromatic heterocycles. The van der Waals surface area contributed by atoms with E-state index in [0.29, 0.717) is 12.0 Å². The lowest BCUT2D eigenvalue weighted by Crippen LogP contribution is -2.26. The lowest BCUT2D eigenvalue weighted by Gasteiger charge is -2.34. The summed E-state index contributed by atoms with van der Waals surface area (Å²) < 4.78 is 0. The number of hydrogen-bond acceptors (Lipinski definition) is 3. The van der Waals surface area contributed by atoms with Gasteiger partial charge in [0, 0.05) is 11.5 Å². The van der Waals surface area contributed by atoms with Crippen molar-refractivity contribution in [2.24, 2.45) is 5.92 Å². The van der Waals surface area contributed by atoms with Crippen LogP contribution in [0.4, 0.5) is 0 Å². The molecule has 0 fully saturated rings. The molecule has 0 radical (unpaired) electrons. The first-order chi connectivity index (χ1) is 10.8. The second-order valence-electron chi connectivity index (χ2n) is 6.79. The minimum atomic E-state index is -0.485. The number of rotatable bonds is 5. The molecule has 23 heavy (non-hydrogen) atoms. The van der Waals surface area contributed by atoms with E-state index in [-0.39, 0.29) is 23.3 Å². The van der Waals surface area contributed by atoms with E-state index in [4.69, 9.17) is 0 Å². The Labute approximate surface area is 139 Å². The van der Waals surface area contributed by atoms with Crippen molar-refractivity contribution in [3.63, 3.8) is 0 Å². The van der Waals surface area contributed by atoms with Crippen LogP contribution >= 0.6 is 0 Å². The molecule has 3 atom stereocenters. The molecular weight excluding hydrogens is 288 g/mol. The molecule has 1 aromatic rings. The number of phenols is 2. The third-order valence-corrected chi connectivity index (χ3v) is 4.86. The minimum absolute atomic E-state index is 0.00647. The van der Waals surface area contributed by atoms with Crippen LogP contribution in [0.3, 0.4) is 0 Å². The Morgan fingerprint density at radius 2 is 1.87 bits per heavy atom. The van der Waals surface area contributed by atoms with Gasteiger partial charge in [0.25, 0.3) is 0 Å². The van der Waals surface area contributed by atoms with Crippen LogP contribution in [0, 0.1) is 5.92 Å². The van der Waals surface area contributed by atoms with E-state index >= 15 is 0 Å². The van der Waals surface area contributed by atoms with Gasteiger partial charge in [-0.05, 0) is 62.3 Å². The van der Waals surface area contributed by atoms with Gasteiger partial charge in [0.1, 0.15) is 11.5 Å². The first-order valence-electron chi connectivity index (χ1n) is 8.41. The second kappa shape index (κ2) is 7.22. The standard InChI is InChI=1S/C20H28O3/c1-5-6-7-14-9-18(22)20(19(23)10-14)16-8-13(4)17(21)11-15(16)12(2)3/h8-10,15-17,21-23H,2,5-7,11H2,1,3-4H3. The molecule has 1 aromatic carbocycles. The number of phenolic OH excluding ortho intramolecular Hbond substituents is 2. The van der Waals surface area contributed by atoms with E-state index in [1.54, 1.807) is 12.1 Å². The first kappa shape index (κ1) is 17.6. The van der Waals surface area contributed by atoms with Crippen LogP contribution in [0.2, 0.25) is 0 Å². The lowest BCUT2D eigenvalue weighted by molar-refractivity contribution is 0.168. The van der Waals surface area contributed by atoms with Crippen molar-refractivity contribution in [3.8, 4) is 11.5 Å². The number of aromatic hydroxyl groups is 2. The number of benzene rings is 1. The highest BCUT2D eigenvalue weighted by Crippen LogP contribution is 2.46. The largest absolute Gasteiger partial charge is 0.507 e. The summed E-state index contributed by atoms with van der Waals surface area (Å²) in [6.45, 7) is 9.96. The highest BCUT2D eigenvalue weighted by Gasteiger charge is 2.33. The molecule has 0 heterocycles. The molecule has 1 aliphatic rings. The summed E-state index contributed by atoms with van der Waals surface area (Å²) in [4.78, 5) is 0. The predicted octanol–water partition coefficient (Wildman–Crippen LogP) is 4.43. The van der Waals surface area contributed by atoms with Gasteiger partial charge < -0.3 is 15.3 Å². The van der Waals surface area contributed by atoms with Crippen LogP contribution in [-0.4, -0.2) is 21.4 Å². The number of aliphatic hydroxyl groups is 1. The van der Waals surface area contributed by atoms with Gasteiger partial charge in [-0.3, -0.25) is 0 Å². The summed E-state index contributed by atoms with van der Waals surface area (Å²) in [6, 6.07) is 3.52. The summed E-state index contributed by atoms with van der Waals surface area (Å²) in [5.41, 5.74) is 3.33. The van der Waals surface area contributed by atoms with E-state index in [2.05, 4.69) is 13.5 Å². The van der Waals surface area contributed by atoms with Gasteiger partial charge in [0.2, 0.25) is 0 Å². The number of allylic oxidation sites excluding steroid dienone is 2. The fourth-order valence-corrected chi connectivity index (χ4v) is 3.42. The smallest absolute Gasteiger partial charge is 0.123 e. The Morgan fingerprint density at radius 3 is 2.39 bits per heavy atom. The van der Waals surface area contributed by atoms with Crippen LogP contribution in [-0.2, 0) is 6.42 Å². The molecule has 0 saturated carbocycles. The molecule has 3 nitrogen and oxygen atoms in total. The van der Waals surface area contributed by atoms with Crippen molar-refractivity contribution in [2.75, 3.05) is 0 Å². The maximum atomic E-state index is 10.5. The van der Waals surface area contributed by atoms with Gasteiger partial charge in [-0.2, -0.15) is 0 Å². The summed E-state index contributed by atoms with van der Waals surface area (Å²) in [5, 5.41) is 31.1. The summed E-state index contributed by atoms with van der Waals surface area (Å²) in [5.74, 6) is 0.115. The normalized spacial score (nSPS) is 24.3. The number of unbranched alkanes of at least 4 members (excludes halogenated alkanes) is 1. The average molecular weight is 316 g/mol. The molecule has 0 bridgehead atoms. The minimum Gasteiger partial charge on any atom is -0.507 e. The predicted molar refractivity (Wildman–Crippen MR) is 93.8 cm³/mol. The first-order valence-corrected chi connectivity index (χ1v) is 8.41. The number of aryl methyl sites for hydroxylation is 1. The molecule has 1 aliphatic carbocycles. The summed E-state index contributed by atoms with van der Waals surface area (Å²) in [6.07, 6.45) is 4.98. The second-order valence-corrected chi connectivity index (χ2v) is 6.79. The molecule has 3 unspecified atom stereocenters. The fraction of sp³-hybridized carbons (Fsp3) is 0.500. The lowest BCUT2D eigenvalue weighted by atomic mass is 9.72. The van der Waals surface area contributed by atoms with Gasteiger partial charge in [0.15, 0.2) is 0 Å². The van der Waals surface area contributed by atoms with Crippen LogP contribution < -0.4 is 0 Å². The number of aliphatic hydroxyl groups excluding tert-OH is 1. The summed E-state index contributed by atoms with van der Waals surface area (Å²) >= 11 is 0. The molecule has 3 heteroatoms. The van der Waals surface area contributed by atoms with Crippen LogP contribution in [0.15, 0.2) is 35.9 Å². The van der Waals surface area contributed by atoms with Gasteiger partial charge in [0.05, 0.1) is 6.10 Å². The average Bonchev–Trinajstić information content (AvgIpc) is 2.47. The molecule has 0 amide bonds. The molecule has 3 N–H and O–H groups in total. The quantitative estimate of drug-likeness (QED) is 0.704. The van der Waals surface area contributed by atoms with Gasteiger partial charge in [-0.25, -0.2) is 0 Å². The van der Waals surface area contributed by atoms with E-state index in [1.807, 2.05) is 19.9 Å². The van der Waals surface area contributed by atoms with Gasteiger partial charge in [-0.1, -0.05) is 31.6 Å². The zero-order valence-corrected chi connectivity index (χ0v) is 14.3. The molecule has 2 rings (SSSR count). The monoisotopic (exact) mass is 316 g/mol. The van der Waals surface area contributed by atoms with Crippen molar-refractivity contribution >= 4 is 0 Å². The Morgan fingerprint density at radius 1 is 1.26 bits per heavy atom. The Balaban J connectivity index is 2.44. The maximum Gasteiger partial charge on any atom is 0.123 e. The molecular formula is C20H28O3. The van der Waals surface area contributed by atoms with Crippen LogP contribution in [0.25, 0.3) is 0 Å². The summed E-state index contributed by atoms with van der Waals surface area (Å²) in [7, 11) is 0.